The molecule has 274 valence electrons. The summed E-state index contributed by atoms with van der Waals surface area (Å²) < 4.78 is 11.2. The van der Waals surface area contributed by atoms with Crippen LogP contribution < -0.4 is 5.32 Å². The summed E-state index contributed by atoms with van der Waals surface area (Å²) in [6, 6.07) is -0.708. The molecular weight excluding hydrogens is 586 g/mol. The van der Waals surface area contributed by atoms with Crippen LogP contribution in [0, 0.1) is 0 Å². The summed E-state index contributed by atoms with van der Waals surface area (Å²) in [6.07, 6.45) is 21.1. The van der Waals surface area contributed by atoms with Gasteiger partial charge in [-0.3, -0.25) is 4.79 Å². The Kier molecular flexibility index (Phi) is 27.4. The van der Waals surface area contributed by atoms with E-state index in [1.165, 1.54) is 109 Å². The lowest BCUT2D eigenvalue weighted by atomic mass is 9.99. The van der Waals surface area contributed by atoms with Crippen molar-refractivity contribution in [1.29, 1.82) is 0 Å². The first-order valence-corrected chi connectivity index (χ1v) is 19.2. The Morgan fingerprint density at radius 1 is 0.652 bits per heavy atom. The van der Waals surface area contributed by atoms with E-state index in [2.05, 4.69) is 19.2 Å². The average molecular weight is 660 g/mol. The Bertz CT molecular complexity index is 696. The molecule has 0 aromatic heterocycles. The van der Waals surface area contributed by atoms with Crippen LogP contribution in [-0.4, -0.2) is 87.5 Å². The molecule has 1 aliphatic rings. The lowest BCUT2D eigenvalue weighted by molar-refractivity contribution is -0.302. The second-order valence-electron chi connectivity index (χ2n) is 13.7. The van der Waals surface area contributed by atoms with Crippen LogP contribution in [0.15, 0.2) is 0 Å². The first kappa shape index (κ1) is 43.2. The van der Waals surface area contributed by atoms with Crippen LogP contribution in [0.2, 0.25) is 0 Å². The molecule has 2 unspecified atom stereocenters. The third kappa shape index (κ3) is 20.5. The molecule has 1 fully saturated rings. The SMILES string of the molecule is CCCCCCCCCCCCCCC[C@@H](O)[C@H](CO[C@@H]1O[C@H](CO)[C@@H](O)C(O)C1O)NC(=O)CCCCCCCCCCCC. The van der Waals surface area contributed by atoms with E-state index < -0.39 is 49.5 Å². The number of carbonyl (C=O) groups is 1. The Hall–Kier alpha value is -0.810. The normalized spacial score (nSPS) is 23.0. The second-order valence-corrected chi connectivity index (χ2v) is 13.7. The van der Waals surface area contributed by atoms with E-state index in [1.807, 2.05) is 0 Å². The number of nitrogens with one attached hydrogen (secondary N) is 1. The summed E-state index contributed by atoms with van der Waals surface area (Å²) in [6.45, 7) is 3.80. The number of rotatable bonds is 31. The molecule has 1 saturated heterocycles. The molecule has 1 heterocycles. The first-order valence-electron chi connectivity index (χ1n) is 19.2. The Balaban J connectivity index is 2.42. The van der Waals surface area contributed by atoms with Crippen LogP contribution in [-0.2, 0) is 14.3 Å². The number of carbonyl (C=O) groups excluding carboxylic acids is 1. The number of ether oxygens (including phenoxy) is 2. The van der Waals surface area contributed by atoms with Gasteiger partial charge in [0.2, 0.25) is 5.91 Å². The van der Waals surface area contributed by atoms with E-state index in [0.29, 0.717) is 12.8 Å². The quantitative estimate of drug-likeness (QED) is 0.0466. The van der Waals surface area contributed by atoms with Gasteiger partial charge in [0, 0.05) is 6.42 Å². The van der Waals surface area contributed by atoms with Gasteiger partial charge in [0.05, 0.1) is 25.4 Å². The Labute approximate surface area is 281 Å². The van der Waals surface area contributed by atoms with Crippen molar-refractivity contribution < 1.29 is 39.8 Å². The summed E-state index contributed by atoms with van der Waals surface area (Å²) in [5, 5.41) is 54.0. The molecule has 0 bridgehead atoms. The second kappa shape index (κ2) is 29.1. The Morgan fingerprint density at radius 2 is 1.09 bits per heavy atom. The fourth-order valence-corrected chi connectivity index (χ4v) is 6.28. The monoisotopic (exact) mass is 660 g/mol. The molecule has 7 atom stereocenters. The van der Waals surface area contributed by atoms with Crippen molar-refractivity contribution in [3.8, 4) is 0 Å². The van der Waals surface area contributed by atoms with Crippen molar-refractivity contribution in [2.45, 2.75) is 217 Å². The minimum Gasteiger partial charge on any atom is -0.394 e. The fraction of sp³-hybridized carbons (Fsp3) is 0.973. The van der Waals surface area contributed by atoms with Crippen molar-refractivity contribution in [1.82, 2.24) is 5.32 Å². The van der Waals surface area contributed by atoms with Gasteiger partial charge < -0.3 is 40.3 Å². The molecule has 0 aliphatic carbocycles. The third-order valence-electron chi connectivity index (χ3n) is 9.46. The van der Waals surface area contributed by atoms with Gasteiger partial charge in [-0.1, -0.05) is 155 Å². The highest BCUT2D eigenvalue weighted by atomic mass is 16.7. The van der Waals surface area contributed by atoms with E-state index in [4.69, 9.17) is 9.47 Å². The molecule has 0 spiro atoms. The molecular formula is C37H73NO8. The fourth-order valence-electron chi connectivity index (χ4n) is 6.28. The highest BCUT2D eigenvalue weighted by Crippen LogP contribution is 2.23. The molecule has 1 aliphatic heterocycles. The number of amides is 1. The summed E-state index contributed by atoms with van der Waals surface area (Å²) in [4.78, 5) is 12.8. The molecule has 0 saturated carbocycles. The summed E-state index contributed by atoms with van der Waals surface area (Å²) in [5.74, 6) is -0.147. The predicted molar refractivity (Wildman–Crippen MR) is 184 cm³/mol. The predicted octanol–water partition coefficient (Wildman–Crippen LogP) is 6.44. The zero-order valence-corrected chi connectivity index (χ0v) is 29.6. The molecule has 0 aromatic carbocycles. The largest absolute Gasteiger partial charge is 0.394 e. The van der Waals surface area contributed by atoms with Crippen LogP contribution in [0.25, 0.3) is 0 Å². The number of aliphatic hydroxyl groups is 5. The molecule has 9 nitrogen and oxygen atoms in total. The van der Waals surface area contributed by atoms with Crippen LogP contribution in [0.5, 0.6) is 0 Å². The number of unbranched alkanes of at least 4 members (excludes halogenated alkanes) is 21. The van der Waals surface area contributed by atoms with E-state index in [9.17, 15) is 30.3 Å². The summed E-state index contributed by atoms with van der Waals surface area (Å²) in [7, 11) is 0. The average Bonchev–Trinajstić information content (AvgIpc) is 3.05. The van der Waals surface area contributed by atoms with Crippen molar-refractivity contribution in [3.05, 3.63) is 0 Å². The lowest BCUT2D eigenvalue weighted by Crippen LogP contribution is -2.60. The molecule has 0 aromatic rings. The van der Waals surface area contributed by atoms with Crippen molar-refractivity contribution in [2.75, 3.05) is 13.2 Å². The van der Waals surface area contributed by atoms with Gasteiger partial charge in [0.1, 0.15) is 24.4 Å². The van der Waals surface area contributed by atoms with Crippen LogP contribution in [0.3, 0.4) is 0 Å². The van der Waals surface area contributed by atoms with Crippen LogP contribution >= 0.6 is 0 Å². The smallest absolute Gasteiger partial charge is 0.220 e. The minimum absolute atomic E-state index is 0.133. The zero-order chi connectivity index (χ0) is 33.8. The number of aliphatic hydroxyl groups excluding tert-OH is 5. The van der Waals surface area contributed by atoms with Gasteiger partial charge in [-0.05, 0) is 12.8 Å². The molecule has 0 radical (unpaired) electrons. The highest BCUT2D eigenvalue weighted by Gasteiger charge is 2.44. The van der Waals surface area contributed by atoms with Gasteiger partial charge in [-0.2, -0.15) is 0 Å². The third-order valence-corrected chi connectivity index (χ3v) is 9.46. The molecule has 9 heteroatoms. The van der Waals surface area contributed by atoms with Gasteiger partial charge in [-0.25, -0.2) is 0 Å². The molecule has 1 amide bonds. The van der Waals surface area contributed by atoms with E-state index in [1.54, 1.807) is 0 Å². The lowest BCUT2D eigenvalue weighted by Gasteiger charge is -2.40. The van der Waals surface area contributed by atoms with Crippen LogP contribution in [0.4, 0.5) is 0 Å². The van der Waals surface area contributed by atoms with Crippen LogP contribution in [0.1, 0.15) is 174 Å². The van der Waals surface area contributed by atoms with Gasteiger partial charge in [-0.15, -0.1) is 0 Å². The van der Waals surface area contributed by atoms with Crippen molar-refractivity contribution in [3.63, 3.8) is 0 Å². The highest BCUT2D eigenvalue weighted by molar-refractivity contribution is 5.76. The molecule has 1 rings (SSSR count). The summed E-state index contributed by atoms with van der Waals surface area (Å²) >= 11 is 0. The van der Waals surface area contributed by atoms with Gasteiger partial charge in [0.25, 0.3) is 0 Å². The van der Waals surface area contributed by atoms with E-state index in [-0.39, 0.29) is 12.5 Å². The maximum absolute atomic E-state index is 12.8. The minimum atomic E-state index is -1.55. The molecule has 6 N–H and O–H groups in total. The standard InChI is InChI=1S/C37H73NO8/c1-3-5-7-9-11-13-15-16-17-18-20-22-24-26-31(40)30(29-45-37-36(44)35(43)34(42)32(28-39)46-37)38-33(41)27-25-23-21-19-14-12-10-8-6-4-2/h30-32,34-37,39-40,42-44H,3-29H2,1-2H3,(H,38,41)/t30-,31+,32+,34+,35?,36?,37+/m0/s1. The van der Waals surface area contributed by atoms with Gasteiger partial charge in [0.15, 0.2) is 6.29 Å². The van der Waals surface area contributed by atoms with Crippen molar-refractivity contribution >= 4 is 5.91 Å². The Morgan fingerprint density at radius 3 is 1.54 bits per heavy atom. The topological polar surface area (TPSA) is 149 Å². The number of hydrogen-bond donors (Lipinski definition) is 6. The maximum atomic E-state index is 12.8. The number of hydrogen-bond acceptors (Lipinski definition) is 8. The van der Waals surface area contributed by atoms with E-state index in [0.717, 1.165) is 38.5 Å². The summed E-state index contributed by atoms with van der Waals surface area (Å²) in [5.41, 5.74) is 0. The van der Waals surface area contributed by atoms with Gasteiger partial charge >= 0.3 is 0 Å². The maximum Gasteiger partial charge on any atom is 0.220 e. The first-order chi connectivity index (χ1) is 22.3. The zero-order valence-electron chi connectivity index (χ0n) is 29.6. The van der Waals surface area contributed by atoms with E-state index >= 15 is 0 Å². The molecule has 46 heavy (non-hydrogen) atoms. The van der Waals surface area contributed by atoms with Crippen molar-refractivity contribution in [2.24, 2.45) is 0 Å².